The molecule has 0 aliphatic heterocycles. The molecule has 0 aliphatic carbocycles. The fourth-order valence-electron chi connectivity index (χ4n) is 1.92. The second-order valence-electron chi connectivity index (χ2n) is 5.69. The molecule has 1 aromatic rings. The summed E-state index contributed by atoms with van der Waals surface area (Å²) in [5, 5.41) is 0. The van der Waals surface area contributed by atoms with E-state index in [2.05, 4.69) is 6.58 Å². The summed E-state index contributed by atoms with van der Waals surface area (Å²) in [6.07, 6.45) is 7.18. The first kappa shape index (κ1) is 19.8. The Hall–Kier alpha value is -2.30. The Morgan fingerprint density at radius 1 is 1.08 bits per heavy atom. The van der Waals surface area contributed by atoms with Crippen molar-refractivity contribution in [3.8, 4) is 5.75 Å². The summed E-state index contributed by atoms with van der Waals surface area (Å²) in [7, 11) is 1.53. The van der Waals surface area contributed by atoms with Crippen molar-refractivity contribution in [2.75, 3.05) is 13.2 Å². The molecule has 5 heteroatoms. The zero-order chi connectivity index (χ0) is 17.8. The van der Waals surface area contributed by atoms with Crippen LogP contribution in [0.3, 0.4) is 0 Å². The van der Waals surface area contributed by atoms with Gasteiger partial charge in [-0.3, -0.25) is 0 Å². The summed E-state index contributed by atoms with van der Waals surface area (Å²) in [6.45, 7) is 6.29. The van der Waals surface area contributed by atoms with Crippen LogP contribution in [0.25, 0.3) is 6.08 Å². The van der Waals surface area contributed by atoms with Gasteiger partial charge in [0.1, 0.15) is 11.4 Å². The summed E-state index contributed by atoms with van der Waals surface area (Å²) < 4.78 is 10.7. The van der Waals surface area contributed by atoms with Gasteiger partial charge in [-0.15, -0.1) is 0 Å². The van der Waals surface area contributed by atoms with E-state index in [1.807, 2.05) is 24.3 Å². The van der Waals surface area contributed by atoms with E-state index in [0.29, 0.717) is 18.8 Å². The molecule has 4 nitrogen and oxygen atoms in total. The smallest absolute Gasteiger partial charge is 0.333 e. The summed E-state index contributed by atoms with van der Waals surface area (Å²) in [4.78, 5) is 22.0. The molecule has 24 heavy (non-hydrogen) atoms. The van der Waals surface area contributed by atoms with Gasteiger partial charge in [0.2, 0.25) is 0 Å². The molecule has 0 bridgehead atoms. The van der Waals surface area contributed by atoms with E-state index in [1.54, 1.807) is 19.1 Å². The minimum atomic E-state index is -0.320. The van der Waals surface area contributed by atoms with Crippen LogP contribution < -0.4 is 4.74 Å². The zero-order valence-corrected chi connectivity index (χ0v) is 14.5. The third-order valence-electron chi connectivity index (χ3n) is 3.28. The van der Waals surface area contributed by atoms with Gasteiger partial charge in [0.25, 0.3) is 0 Å². The normalized spacial score (nSPS) is 10.5. The molecule has 0 fully saturated rings. The minimum absolute atomic E-state index is 0.0321. The van der Waals surface area contributed by atoms with E-state index in [1.165, 1.54) is 7.85 Å². The molecule has 0 radical (unpaired) electrons. The molecule has 0 atom stereocenters. The Bertz CT molecular complexity index is 576. The first-order valence-electron chi connectivity index (χ1n) is 8.23. The van der Waals surface area contributed by atoms with Gasteiger partial charge in [-0.05, 0) is 56.4 Å². The quantitative estimate of drug-likeness (QED) is 0.271. The number of benzene rings is 1. The van der Waals surface area contributed by atoms with Crippen LogP contribution in [0.4, 0.5) is 0 Å². The fourth-order valence-corrected chi connectivity index (χ4v) is 1.92. The van der Waals surface area contributed by atoms with Crippen molar-refractivity contribution < 1.29 is 19.1 Å². The number of ether oxygens (including phenoxy) is 2. The van der Waals surface area contributed by atoms with Gasteiger partial charge in [0.15, 0.2) is 7.85 Å². The standard InChI is InChI=1S/C19H25BO4/c1-15(2)19(22)24-14-6-4-3-5-13-23-17-10-7-16(8-11-17)9-12-18(20)21/h7-12H,1,3-6,13-14,20H2,2H3/b12-9+. The van der Waals surface area contributed by atoms with E-state index in [4.69, 9.17) is 9.47 Å². The maximum Gasteiger partial charge on any atom is 0.333 e. The van der Waals surface area contributed by atoms with Crippen molar-refractivity contribution >= 4 is 25.6 Å². The summed E-state index contributed by atoms with van der Waals surface area (Å²) in [5.41, 5.74) is 1.44. The molecular formula is C19H25BO4. The highest BCUT2D eigenvalue weighted by atomic mass is 16.5. The number of allylic oxidation sites excluding steroid dienone is 1. The Morgan fingerprint density at radius 2 is 1.71 bits per heavy atom. The maximum absolute atomic E-state index is 11.2. The molecular weight excluding hydrogens is 303 g/mol. The van der Waals surface area contributed by atoms with Crippen LogP contribution >= 0.6 is 0 Å². The van der Waals surface area contributed by atoms with Crippen LogP contribution in [0.2, 0.25) is 0 Å². The van der Waals surface area contributed by atoms with Gasteiger partial charge in [-0.2, -0.15) is 0 Å². The molecule has 0 N–H and O–H groups in total. The molecule has 0 saturated carbocycles. The molecule has 0 aliphatic rings. The van der Waals surface area contributed by atoms with E-state index in [9.17, 15) is 9.59 Å². The van der Waals surface area contributed by atoms with Crippen molar-refractivity contribution in [3.63, 3.8) is 0 Å². The monoisotopic (exact) mass is 328 g/mol. The molecule has 0 aromatic heterocycles. The number of unbranched alkanes of at least 4 members (excludes halogenated alkanes) is 3. The highest BCUT2D eigenvalue weighted by Gasteiger charge is 2.01. The fraction of sp³-hybridized carbons (Fsp3) is 0.368. The van der Waals surface area contributed by atoms with Crippen LogP contribution in [0, 0.1) is 0 Å². The van der Waals surface area contributed by atoms with Gasteiger partial charge in [0, 0.05) is 5.57 Å². The third-order valence-corrected chi connectivity index (χ3v) is 3.28. The predicted molar refractivity (Wildman–Crippen MR) is 98.8 cm³/mol. The average Bonchev–Trinajstić information content (AvgIpc) is 2.56. The lowest BCUT2D eigenvalue weighted by Crippen LogP contribution is -2.06. The molecule has 1 rings (SSSR count). The van der Waals surface area contributed by atoms with Gasteiger partial charge in [0.05, 0.1) is 13.2 Å². The maximum atomic E-state index is 11.2. The Labute approximate surface area is 144 Å². The molecule has 0 saturated heterocycles. The summed E-state index contributed by atoms with van der Waals surface area (Å²) >= 11 is 0. The van der Waals surface area contributed by atoms with Crippen LogP contribution in [-0.2, 0) is 14.3 Å². The first-order chi connectivity index (χ1) is 11.5. The Balaban J connectivity index is 2.10. The van der Waals surface area contributed by atoms with Crippen LogP contribution in [0.1, 0.15) is 38.2 Å². The predicted octanol–water partition coefficient (Wildman–Crippen LogP) is 2.92. The van der Waals surface area contributed by atoms with Gasteiger partial charge < -0.3 is 14.3 Å². The molecule has 0 amide bonds. The number of carbonyl (C=O) groups excluding carboxylic acids is 2. The lowest BCUT2D eigenvalue weighted by atomic mass is 10.0. The lowest BCUT2D eigenvalue weighted by molar-refractivity contribution is -0.139. The van der Waals surface area contributed by atoms with Crippen molar-refractivity contribution in [2.45, 2.75) is 32.6 Å². The Morgan fingerprint density at radius 3 is 2.29 bits per heavy atom. The number of rotatable bonds is 11. The molecule has 0 heterocycles. The Kier molecular flexibility index (Phi) is 9.28. The summed E-state index contributed by atoms with van der Waals surface area (Å²) in [5.74, 6) is 0.505. The number of carbonyl (C=O) groups is 2. The van der Waals surface area contributed by atoms with Crippen molar-refractivity contribution in [3.05, 3.63) is 48.1 Å². The molecule has 1 aromatic carbocycles. The van der Waals surface area contributed by atoms with Crippen LogP contribution in [-0.4, -0.2) is 32.7 Å². The molecule has 0 spiro atoms. The topological polar surface area (TPSA) is 52.6 Å². The van der Waals surface area contributed by atoms with Crippen LogP contribution in [0.15, 0.2) is 42.5 Å². The van der Waals surface area contributed by atoms with Crippen molar-refractivity contribution in [2.24, 2.45) is 0 Å². The second-order valence-corrected chi connectivity index (χ2v) is 5.69. The largest absolute Gasteiger partial charge is 0.494 e. The zero-order valence-electron chi connectivity index (χ0n) is 14.5. The van der Waals surface area contributed by atoms with Gasteiger partial charge >= 0.3 is 5.97 Å². The SMILES string of the molecule is BC(=O)/C=C/c1ccc(OCCCCCCOC(=O)C(=C)C)cc1. The van der Waals surface area contributed by atoms with Gasteiger partial charge in [-0.25, -0.2) is 4.79 Å². The van der Waals surface area contributed by atoms with Crippen molar-refractivity contribution in [1.82, 2.24) is 0 Å². The third kappa shape index (κ3) is 8.98. The summed E-state index contributed by atoms with van der Waals surface area (Å²) in [6, 6.07) is 7.64. The highest BCUT2D eigenvalue weighted by Crippen LogP contribution is 2.14. The van der Waals surface area contributed by atoms with E-state index >= 15 is 0 Å². The van der Waals surface area contributed by atoms with Crippen molar-refractivity contribution in [1.29, 1.82) is 0 Å². The number of esters is 1. The van der Waals surface area contributed by atoms with E-state index < -0.39 is 0 Å². The molecule has 0 unspecified atom stereocenters. The first-order valence-corrected chi connectivity index (χ1v) is 8.23. The van der Waals surface area contributed by atoms with E-state index in [-0.39, 0.29) is 11.7 Å². The number of hydrogen-bond acceptors (Lipinski definition) is 4. The molecule has 128 valence electrons. The lowest BCUT2D eigenvalue weighted by Gasteiger charge is -2.07. The van der Waals surface area contributed by atoms with E-state index in [0.717, 1.165) is 37.0 Å². The number of hydrogen-bond donors (Lipinski definition) is 0. The minimum Gasteiger partial charge on any atom is -0.494 e. The average molecular weight is 328 g/mol. The highest BCUT2D eigenvalue weighted by molar-refractivity contribution is 6.61. The second kappa shape index (κ2) is 11.3. The van der Waals surface area contributed by atoms with Gasteiger partial charge in [-0.1, -0.05) is 24.8 Å². The van der Waals surface area contributed by atoms with Crippen LogP contribution in [0.5, 0.6) is 5.75 Å².